The first-order valence-electron chi connectivity index (χ1n) is 6.92. The minimum Gasteiger partial charge on any atom is -0.378 e. The van der Waals surface area contributed by atoms with Crippen LogP contribution in [0.5, 0.6) is 0 Å². The summed E-state index contributed by atoms with van der Waals surface area (Å²) in [6, 6.07) is 0. The summed E-state index contributed by atoms with van der Waals surface area (Å²) in [7, 11) is -3.01. The van der Waals surface area contributed by atoms with E-state index in [0.29, 0.717) is 25.7 Å². The predicted octanol–water partition coefficient (Wildman–Crippen LogP) is 0.868. The molecule has 0 unspecified atom stereocenters. The van der Waals surface area contributed by atoms with E-state index >= 15 is 0 Å². The van der Waals surface area contributed by atoms with Crippen LogP contribution in [0.25, 0.3) is 0 Å². The van der Waals surface area contributed by atoms with Crippen LogP contribution in [0, 0.1) is 16.0 Å². The number of hydrogen-bond acceptors (Lipinski definition) is 8. The summed E-state index contributed by atoms with van der Waals surface area (Å²) >= 11 is 0. The average molecular weight is 329 g/mol. The second-order valence-electron chi connectivity index (χ2n) is 5.77. The van der Waals surface area contributed by atoms with E-state index in [1.807, 2.05) is 0 Å². The van der Waals surface area contributed by atoms with E-state index < -0.39 is 14.8 Å². The molecule has 4 N–H and O–H groups in total. The smallest absolute Gasteiger partial charge is 0.332 e. The molecule has 0 aliphatic heterocycles. The van der Waals surface area contributed by atoms with Gasteiger partial charge in [0.1, 0.15) is 15.5 Å². The van der Waals surface area contributed by atoms with Crippen molar-refractivity contribution in [3.63, 3.8) is 0 Å². The van der Waals surface area contributed by atoms with Crippen LogP contribution in [-0.2, 0) is 9.84 Å². The minimum atomic E-state index is -3.01. The first-order valence-corrected chi connectivity index (χ1v) is 8.98. The molecule has 1 aliphatic rings. The SMILES string of the molecule is CS(=O)(=O)CC1CCC(c2nc(N)nc(N)c2[N+](=O)[O-])CC1. The third kappa shape index (κ3) is 3.81. The molecule has 9 nitrogen and oxygen atoms in total. The zero-order chi connectivity index (χ0) is 16.5. The van der Waals surface area contributed by atoms with E-state index in [4.69, 9.17) is 11.5 Å². The Hall–Kier alpha value is -1.97. The van der Waals surface area contributed by atoms with Gasteiger partial charge in [-0.05, 0) is 31.6 Å². The summed E-state index contributed by atoms with van der Waals surface area (Å²) in [6.45, 7) is 0. The third-order valence-corrected chi connectivity index (χ3v) is 4.99. The van der Waals surface area contributed by atoms with Gasteiger partial charge >= 0.3 is 5.69 Å². The van der Waals surface area contributed by atoms with Crippen molar-refractivity contribution in [1.29, 1.82) is 0 Å². The van der Waals surface area contributed by atoms with Crippen LogP contribution in [0.15, 0.2) is 0 Å². The van der Waals surface area contributed by atoms with Crippen molar-refractivity contribution in [3.05, 3.63) is 15.8 Å². The monoisotopic (exact) mass is 329 g/mol. The summed E-state index contributed by atoms with van der Waals surface area (Å²) in [5.41, 5.74) is 11.1. The maximum Gasteiger partial charge on any atom is 0.332 e. The Morgan fingerprint density at radius 3 is 2.32 bits per heavy atom. The summed E-state index contributed by atoms with van der Waals surface area (Å²) in [5, 5.41) is 11.2. The highest BCUT2D eigenvalue weighted by atomic mass is 32.2. The second kappa shape index (κ2) is 6.03. The molecule has 0 atom stereocenters. The van der Waals surface area contributed by atoms with Gasteiger partial charge in [0.25, 0.3) is 0 Å². The van der Waals surface area contributed by atoms with Crippen molar-refractivity contribution in [3.8, 4) is 0 Å². The van der Waals surface area contributed by atoms with Crippen LogP contribution >= 0.6 is 0 Å². The highest BCUT2D eigenvalue weighted by Crippen LogP contribution is 2.40. The molecule has 0 spiro atoms. The van der Waals surface area contributed by atoms with E-state index in [9.17, 15) is 18.5 Å². The van der Waals surface area contributed by atoms with Crippen LogP contribution in [0.1, 0.15) is 37.3 Å². The fourth-order valence-corrected chi connectivity index (χ4v) is 4.20. The lowest BCUT2D eigenvalue weighted by atomic mass is 9.81. The van der Waals surface area contributed by atoms with E-state index in [-0.39, 0.29) is 40.7 Å². The minimum absolute atomic E-state index is 0.0850. The zero-order valence-corrected chi connectivity index (χ0v) is 13.0. The van der Waals surface area contributed by atoms with Gasteiger partial charge in [-0.25, -0.2) is 13.4 Å². The number of nitrogen functional groups attached to an aromatic ring is 2. The van der Waals surface area contributed by atoms with E-state index in [1.54, 1.807) is 0 Å². The largest absolute Gasteiger partial charge is 0.378 e. The lowest BCUT2D eigenvalue weighted by Gasteiger charge is -2.27. The fraction of sp³-hybridized carbons (Fsp3) is 0.667. The van der Waals surface area contributed by atoms with Gasteiger partial charge in [0.15, 0.2) is 0 Å². The summed E-state index contributed by atoms with van der Waals surface area (Å²) in [6.07, 6.45) is 3.82. The third-order valence-electron chi connectivity index (χ3n) is 3.91. The number of nitrogens with two attached hydrogens (primary N) is 2. The number of nitrogens with zero attached hydrogens (tertiary/aromatic N) is 3. The molecule has 0 bridgehead atoms. The first-order chi connectivity index (χ1) is 10.2. The molecule has 2 rings (SSSR count). The molecule has 1 aromatic heterocycles. The van der Waals surface area contributed by atoms with E-state index in [1.165, 1.54) is 6.26 Å². The van der Waals surface area contributed by atoms with Gasteiger partial charge in [-0.3, -0.25) is 10.1 Å². The average Bonchev–Trinajstić information content (AvgIpc) is 2.36. The van der Waals surface area contributed by atoms with Gasteiger partial charge in [-0.1, -0.05) is 0 Å². The Labute approximate surface area is 128 Å². The number of aromatic nitrogens is 2. The van der Waals surface area contributed by atoms with Crippen molar-refractivity contribution < 1.29 is 13.3 Å². The molecule has 0 aromatic carbocycles. The van der Waals surface area contributed by atoms with Gasteiger partial charge in [0, 0.05) is 12.2 Å². The van der Waals surface area contributed by atoms with Crippen LogP contribution in [0.4, 0.5) is 17.5 Å². The number of anilines is 2. The Morgan fingerprint density at radius 2 is 1.82 bits per heavy atom. The molecule has 10 heteroatoms. The first kappa shape index (κ1) is 16.4. The topological polar surface area (TPSA) is 155 Å². The second-order valence-corrected chi connectivity index (χ2v) is 7.95. The van der Waals surface area contributed by atoms with Gasteiger partial charge in [0.05, 0.1) is 10.7 Å². The Balaban J connectivity index is 2.20. The number of sulfone groups is 1. The quantitative estimate of drug-likeness (QED) is 0.608. The zero-order valence-electron chi connectivity index (χ0n) is 12.2. The van der Waals surface area contributed by atoms with E-state index in [2.05, 4.69) is 9.97 Å². The lowest BCUT2D eigenvalue weighted by Crippen LogP contribution is -2.22. The predicted molar refractivity (Wildman–Crippen MR) is 81.9 cm³/mol. The summed E-state index contributed by atoms with van der Waals surface area (Å²) in [5.74, 6) is -0.233. The van der Waals surface area contributed by atoms with Crippen molar-refractivity contribution in [2.45, 2.75) is 31.6 Å². The van der Waals surface area contributed by atoms with Crippen LogP contribution in [0.2, 0.25) is 0 Å². The van der Waals surface area contributed by atoms with Gasteiger partial charge in [-0.15, -0.1) is 0 Å². The Morgan fingerprint density at radius 1 is 1.23 bits per heavy atom. The normalized spacial score (nSPS) is 22.4. The molecule has 1 saturated carbocycles. The molecule has 1 aromatic rings. The molecular formula is C12H19N5O4S. The van der Waals surface area contributed by atoms with Crippen molar-refractivity contribution in [2.75, 3.05) is 23.5 Å². The molecule has 0 saturated heterocycles. The molecule has 0 radical (unpaired) electrons. The fourth-order valence-electron chi connectivity index (χ4n) is 3.01. The summed E-state index contributed by atoms with van der Waals surface area (Å²) in [4.78, 5) is 18.2. The van der Waals surface area contributed by atoms with E-state index in [0.717, 1.165) is 0 Å². The number of nitro groups is 1. The number of hydrogen-bond donors (Lipinski definition) is 2. The lowest BCUT2D eigenvalue weighted by molar-refractivity contribution is -0.385. The van der Waals surface area contributed by atoms with Crippen molar-refractivity contribution in [1.82, 2.24) is 9.97 Å². The number of rotatable bonds is 4. The molecular weight excluding hydrogens is 310 g/mol. The Bertz CT molecular complexity index is 683. The maximum atomic E-state index is 11.3. The molecule has 22 heavy (non-hydrogen) atoms. The standard InChI is InChI=1S/C12H19N5O4S/c1-22(20,21)6-7-2-4-8(5-3-7)9-10(17(18)19)11(13)16-12(14)15-9/h7-8H,2-6H2,1H3,(H4,13,14,15,16). The maximum absolute atomic E-state index is 11.3. The van der Waals surface area contributed by atoms with Crippen LogP contribution in [-0.4, -0.2) is 35.3 Å². The molecule has 1 aliphatic carbocycles. The highest BCUT2D eigenvalue weighted by Gasteiger charge is 2.32. The van der Waals surface area contributed by atoms with Gasteiger partial charge < -0.3 is 11.5 Å². The van der Waals surface area contributed by atoms with Crippen molar-refractivity contribution >= 4 is 27.3 Å². The molecule has 1 heterocycles. The Kier molecular flexibility index (Phi) is 4.50. The van der Waals surface area contributed by atoms with Crippen LogP contribution < -0.4 is 11.5 Å². The van der Waals surface area contributed by atoms with Crippen molar-refractivity contribution in [2.24, 2.45) is 5.92 Å². The van der Waals surface area contributed by atoms with Gasteiger partial charge in [0.2, 0.25) is 11.8 Å². The van der Waals surface area contributed by atoms with Crippen LogP contribution in [0.3, 0.4) is 0 Å². The molecule has 122 valence electrons. The van der Waals surface area contributed by atoms with Gasteiger partial charge in [-0.2, -0.15) is 4.98 Å². The summed E-state index contributed by atoms with van der Waals surface area (Å²) < 4.78 is 22.7. The molecule has 1 fully saturated rings. The highest BCUT2D eigenvalue weighted by molar-refractivity contribution is 7.90. The molecule has 0 amide bonds.